The molecule has 27 heavy (non-hydrogen) atoms. The Morgan fingerprint density at radius 1 is 1.04 bits per heavy atom. The maximum atomic E-state index is 12.4. The van der Waals surface area contributed by atoms with Gasteiger partial charge in [-0.15, -0.1) is 11.3 Å². The highest BCUT2D eigenvalue weighted by atomic mass is 32.1. The summed E-state index contributed by atoms with van der Waals surface area (Å²) in [6.07, 6.45) is 0.873. The van der Waals surface area contributed by atoms with Crippen LogP contribution in [0.4, 0.5) is 10.8 Å². The largest absolute Gasteiger partial charge is 0.296 e. The van der Waals surface area contributed by atoms with E-state index in [9.17, 15) is 4.79 Å². The predicted molar refractivity (Wildman–Crippen MR) is 112 cm³/mol. The smallest absolute Gasteiger partial charge is 0.230 e. The SMILES string of the molecule is CCc1ccccc1N(C(C)=O)c1nc(CN(C)Cc2ccccc2)cs1. The van der Waals surface area contributed by atoms with Crippen molar-refractivity contribution in [2.24, 2.45) is 0 Å². The van der Waals surface area contributed by atoms with Crippen LogP contribution in [0.3, 0.4) is 0 Å². The van der Waals surface area contributed by atoms with Crippen LogP contribution in [-0.4, -0.2) is 22.8 Å². The number of rotatable bonds is 7. The zero-order valence-corrected chi connectivity index (χ0v) is 16.9. The van der Waals surface area contributed by atoms with E-state index in [0.29, 0.717) is 0 Å². The predicted octanol–water partition coefficient (Wildman–Crippen LogP) is 5.02. The number of hydrogen-bond acceptors (Lipinski definition) is 4. The van der Waals surface area contributed by atoms with Gasteiger partial charge in [0.15, 0.2) is 5.13 Å². The second-order valence-corrected chi connectivity index (χ2v) is 7.45. The molecule has 0 unspecified atom stereocenters. The first-order valence-electron chi connectivity index (χ1n) is 9.14. The van der Waals surface area contributed by atoms with E-state index in [-0.39, 0.29) is 5.91 Å². The fraction of sp³-hybridized carbons (Fsp3) is 0.273. The summed E-state index contributed by atoms with van der Waals surface area (Å²) in [4.78, 5) is 21.1. The standard InChI is InChI=1S/C22H25N3OS/c1-4-19-12-8-9-13-21(19)25(17(2)26)22-23-20(16-27-22)15-24(3)14-18-10-6-5-7-11-18/h5-13,16H,4,14-15H2,1-3H3. The van der Waals surface area contributed by atoms with Gasteiger partial charge in [-0.25, -0.2) is 4.98 Å². The Hall–Kier alpha value is -2.50. The van der Waals surface area contributed by atoms with Crippen molar-refractivity contribution in [3.63, 3.8) is 0 Å². The summed E-state index contributed by atoms with van der Waals surface area (Å²) in [5.41, 5.74) is 4.32. The van der Waals surface area contributed by atoms with Gasteiger partial charge in [0.25, 0.3) is 0 Å². The average molecular weight is 380 g/mol. The van der Waals surface area contributed by atoms with E-state index >= 15 is 0 Å². The molecule has 1 heterocycles. The molecular weight excluding hydrogens is 354 g/mol. The molecule has 3 rings (SSSR count). The first kappa shape index (κ1) is 19.3. The zero-order chi connectivity index (χ0) is 19.2. The molecule has 0 radical (unpaired) electrons. The molecular formula is C22H25N3OS. The van der Waals surface area contributed by atoms with Gasteiger partial charge in [-0.05, 0) is 30.7 Å². The maximum Gasteiger partial charge on any atom is 0.230 e. The van der Waals surface area contributed by atoms with Gasteiger partial charge in [-0.3, -0.25) is 14.6 Å². The van der Waals surface area contributed by atoms with Crippen LogP contribution in [0.15, 0.2) is 60.0 Å². The lowest BCUT2D eigenvalue weighted by atomic mass is 10.1. The van der Waals surface area contributed by atoms with Crippen molar-refractivity contribution in [3.05, 3.63) is 76.8 Å². The molecule has 2 aromatic carbocycles. The summed E-state index contributed by atoms with van der Waals surface area (Å²) in [6, 6.07) is 18.4. The molecule has 3 aromatic rings. The van der Waals surface area contributed by atoms with Gasteiger partial charge < -0.3 is 0 Å². The van der Waals surface area contributed by atoms with Gasteiger partial charge in [-0.1, -0.05) is 55.5 Å². The van der Waals surface area contributed by atoms with Crippen molar-refractivity contribution in [2.45, 2.75) is 33.4 Å². The second-order valence-electron chi connectivity index (χ2n) is 6.62. The van der Waals surface area contributed by atoms with Crippen molar-refractivity contribution < 1.29 is 4.79 Å². The highest BCUT2D eigenvalue weighted by Crippen LogP contribution is 2.32. The number of thiazole rings is 1. The van der Waals surface area contributed by atoms with Crippen LogP contribution in [0.5, 0.6) is 0 Å². The molecule has 0 saturated heterocycles. The Kier molecular flexibility index (Phi) is 6.37. The number of anilines is 2. The van der Waals surface area contributed by atoms with E-state index < -0.39 is 0 Å². The lowest BCUT2D eigenvalue weighted by Crippen LogP contribution is -2.24. The molecule has 0 saturated carbocycles. The Morgan fingerprint density at radius 2 is 1.74 bits per heavy atom. The molecule has 0 atom stereocenters. The number of amides is 1. The lowest BCUT2D eigenvalue weighted by Gasteiger charge is -2.21. The van der Waals surface area contributed by atoms with Crippen LogP contribution >= 0.6 is 11.3 Å². The summed E-state index contributed by atoms with van der Waals surface area (Å²) >= 11 is 1.52. The third-order valence-electron chi connectivity index (χ3n) is 4.39. The van der Waals surface area contributed by atoms with Crippen LogP contribution in [0, 0.1) is 0 Å². The van der Waals surface area contributed by atoms with E-state index in [4.69, 9.17) is 4.98 Å². The quantitative estimate of drug-likeness (QED) is 0.578. The lowest BCUT2D eigenvalue weighted by molar-refractivity contribution is -0.115. The van der Waals surface area contributed by atoms with Gasteiger partial charge in [0.05, 0.1) is 11.4 Å². The minimum absolute atomic E-state index is 0.0190. The summed E-state index contributed by atoms with van der Waals surface area (Å²) in [5, 5.41) is 2.77. The molecule has 1 aromatic heterocycles. The van der Waals surface area contributed by atoms with E-state index in [1.54, 1.807) is 11.8 Å². The summed E-state index contributed by atoms with van der Waals surface area (Å²) in [6.45, 7) is 5.30. The molecule has 1 amide bonds. The highest BCUT2D eigenvalue weighted by Gasteiger charge is 2.20. The number of nitrogens with zero attached hydrogens (tertiary/aromatic N) is 3. The number of carbonyl (C=O) groups is 1. The molecule has 4 nitrogen and oxygen atoms in total. The van der Waals surface area contributed by atoms with Crippen LogP contribution in [0.25, 0.3) is 0 Å². The zero-order valence-electron chi connectivity index (χ0n) is 16.1. The maximum absolute atomic E-state index is 12.4. The molecule has 0 fully saturated rings. The molecule has 0 aliphatic heterocycles. The van der Waals surface area contributed by atoms with Gasteiger partial charge in [0, 0.05) is 25.4 Å². The summed E-state index contributed by atoms with van der Waals surface area (Å²) in [5.74, 6) is -0.0190. The minimum atomic E-state index is -0.0190. The van der Waals surface area contributed by atoms with E-state index in [1.165, 1.54) is 16.9 Å². The van der Waals surface area contributed by atoms with Crippen LogP contribution in [0.1, 0.15) is 30.7 Å². The van der Waals surface area contributed by atoms with Gasteiger partial charge >= 0.3 is 0 Å². The normalized spacial score (nSPS) is 11.0. The summed E-state index contributed by atoms with van der Waals surface area (Å²) < 4.78 is 0. The van der Waals surface area contributed by atoms with Crippen LogP contribution in [0.2, 0.25) is 0 Å². The molecule has 0 bridgehead atoms. The van der Waals surface area contributed by atoms with Crippen LogP contribution in [-0.2, 0) is 24.3 Å². The molecule has 140 valence electrons. The number of para-hydroxylation sites is 1. The summed E-state index contributed by atoms with van der Waals surface area (Å²) in [7, 11) is 2.08. The fourth-order valence-electron chi connectivity index (χ4n) is 3.13. The molecule has 0 spiro atoms. The fourth-order valence-corrected chi connectivity index (χ4v) is 4.01. The van der Waals surface area contributed by atoms with E-state index in [1.807, 2.05) is 29.6 Å². The third kappa shape index (κ3) is 4.81. The highest BCUT2D eigenvalue weighted by molar-refractivity contribution is 7.14. The van der Waals surface area contributed by atoms with E-state index in [0.717, 1.165) is 41.6 Å². The number of benzene rings is 2. The number of aromatic nitrogens is 1. The topological polar surface area (TPSA) is 36.4 Å². The van der Waals surface area contributed by atoms with Crippen LogP contribution < -0.4 is 4.90 Å². The Balaban J connectivity index is 1.77. The Bertz CT molecular complexity index is 891. The number of hydrogen-bond donors (Lipinski definition) is 0. The number of aryl methyl sites for hydroxylation is 1. The third-order valence-corrected chi connectivity index (χ3v) is 5.26. The van der Waals surface area contributed by atoms with Crippen molar-refractivity contribution >= 4 is 28.1 Å². The first-order valence-corrected chi connectivity index (χ1v) is 10.0. The average Bonchev–Trinajstić information content (AvgIpc) is 3.10. The van der Waals surface area contributed by atoms with E-state index in [2.05, 4.69) is 49.2 Å². The molecule has 0 N–H and O–H groups in total. The first-order chi connectivity index (χ1) is 13.1. The minimum Gasteiger partial charge on any atom is -0.296 e. The monoisotopic (exact) mass is 379 g/mol. The van der Waals surface area contributed by atoms with Gasteiger partial charge in [-0.2, -0.15) is 0 Å². The van der Waals surface area contributed by atoms with Crippen molar-refractivity contribution in [1.82, 2.24) is 9.88 Å². The molecule has 5 heteroatoms. The second kappa shape index (κ2) is 8.93. The van der Waals surface area contributed by atoms with Crippen molar-refractivity contribution in [2.75, 3.05) is 11.9 Å². The Labute approximate surface area is 165 Å². The molecule has 0 aliphatic rings. The van der Waals surface area contributed by atoms with Crippen molar-refractivity contribution in [1.29, 1.82) is 0 Å². The molecule has 0 aliphatic carbocycles. The van der Waals surface area contributed by atoms with Crippen molar-refractivity contribution in [3.8, 4) is 0 Å². The van der Waals surface area contributed by atoms with Gasteiger partial charge in [0.2, 0.25) is 5.91 Å². The van der Waals surface area contributed by atoms with Gasteiger partial charge in [0.1, 0.15) is 0 Å². The Morgan fingerprint density at radius 3 is 2.44 bits per heavy atom. The number of carbonyl (C=O) groups excluding carboxylic acids is 1.